The smallest absolute Gasteiger partial charge is 0.338 e. The van der Waals surface area contributed by atoms with Gasteiger partial charge in [0.2, 0.25) is 0 Å². The molecule has 0 bridgehead atoms. The van der Waals surface area contributed by atoms with Crippen LogP contribution in [0, 0.1) is 0 Å². The van der Waals surface area contributed by atoms with Crippen LogP contribution in [0.5, 0.6) is 0 Å². The Morgan fingerprint density at radius 1 is 1.20 bits per heavy atom. The predicted octanol–water partition coefficient (Wildman–Crippen LogP) is 4.70. The zero-order chi connectivity index (χ0) is 14.7. The molecule has 0 unspecified atom stereocenters. The van der Waals surface area contributed by atoms with Gasteiger partial charge in [0.1, 0.15) is 6.61 Å². The normalized spacial score (nSPS) is 10.3. The van der Waals surface area contributed by atoms with E-state index < -0.39 is 5.97 Å². The SMILES string of the molecule is Nc1cc(C(=O)OCc2c(Cl)cccc2Cl)ccc1Br. The lowest BCUT2D eigenvalue weighted by Gasteiger charge is -2.09. The number of ether oxygens (including phenoxy) is 1. The lowest BCUT2D eigenvalue weighted by Crippen LogP contribution is -2.06. The number of nitrogen functional groups attached to an aromatic ring is 1. The van der Waals surface area contributed by atoms with Crippen molar-refractivity contribution in [1.29, 1.82) is 0 Å². The van der Waals surface area contributed by atoms with Crippen molar-refractivity contribution < 1.29 is 9.53 Å². The van der Waals surface area contributed by atoms with Crippen molar-refractivity contribution in [2.45, 2.75) is 6.61 Å². The quantitative estimate of drug-likeness (QED) is 0.626. The van der Waals surface area contributed by atoms with Gasteiger partial charge in [-0.1, -0.05) is 29.3 Å². The average Bonchev–Trinajstić information content (AvgIpc) is 2.41. The van der Waals surface area contributed by atoms with Crippen LogP contribution in [-0.2, 0) is 11.3 Å². The van der Waals surface area contributed by atoms with Crippen LogP contribution in [0.1, 0.15) is 15.9 Å². The van der Waals surface area contributed by atoms with Crippen LogP contribution in [0.3, 0.4) is 0 Å². The molecule has 0 radical (unpaired) electrons. The van der Waals surface area contributed by atoms with Crippen LogP contribution in [0.2, 0.25) is 10.0 Å². The van der Waals surface area contributed by atoms with E-state index in [0.717, 1.165) is 4.47 Å². The number of esters is 1. The van der Waals surface area contributed by atoms with E-state index in [2.05, 4.69) is 15.9 Å². The molecule has 0 amide bonds. The molecule has 104 valence electrons. The number of hydrogen-bond donors (Lipinski definition) is 1. The molecule has 0 aliphatic rings. The number of hydrogen-bond acceptors (Lipinski definition) is 3. The number of carbonyl (C=O) groups excluding carboxylic acids is 1. The summed E-state index contributed by atoms with van der Waals surface area (Å²) < 4.78 is 5.92. The molecule has 0 saturated carbocycles. The van der Waals surface area contributed by atoms with E-state index in [9.17, 15) is 4.79 Å². The highest BCUT2D eigenvalue weighted by atomic mass is 79.9. The van der Waals surface area contributed by atoms with Crippen LogP contribution in [-0.4, -0.2) is 5.97 Å². The van der Waals surface area contributed by atoms with Crippen molar-refractivity contribution in [1.82, 2.24) is 0 Å². The van der Waals surface area contributed by atoms with E-state index in [1.54, 1.807) is 36.4 Å². The number of rotatable bonds is 3. The van der Waals surface area contributed by atoms with E-state index in [4.69, 9.17) is 33.7 Å². The van der Waals surface area contributed by atoms with Gasteiger partial charge in [-0.25, -0.2) is 4.79 Å². The van der Waals surface area contributed by atoms with Crippen molar-refractivity contribution in [2.24, 2.45) is 0 Å². The Kier molecular flexibility index (Phi) is 4.91. The third-order valence-corrected chi connectivity index (χ3v) is 4.07. The van der Waals surface area contributed by atoms with E-state index in [0.29, 0.717) is 26.9 Å². The molecule has 6 heteroatoms. The molecular formula is C14H10BrCl2NO2. The van der Waals surface area contributed by atoms with Gasteiger partial charge in [-0.2, -0.15) is 0 Å². The van der Waals surface area contributed by atoms with E-state index in [1.165, 1.54) is 0 Å². The van der Waals surface area contributed by atoms with Crippen LogP contribution < -0.4 is 5.73 Å². The molecule has 0 fully saturated rings. The maximum Gasteiger partial charge on any atom is 0.338 e. The van der Waals surface area contributed by atoms with Crippen molar-refractivity contribution in [2.75, 3.05) is 5.73 Å². The summed E-state index contributed by atoms with van der Waals surface area (Å²) in [6, 6.07) is 9.96. The van der Waals surface area contributed by atoms with Gasteiger partial charge in [0.15, 0.2) is 0 Å². The van der Waals surface area contributed by atoms with E-state index in [-0.39, 0.29) is 6.61 Å². The molecule has 0 saturated heterocycles. The monoisotopic (exact) mass is 373 g/mol. The van der Waals surface area contributed by atoms with Crippen molar-refractivity contribution in [3.8, 4) is 0 Å². The Labute approximate surface area is 134 Å². The van der Waals surface area contributed by atoms with Gasteiger partial charge in [-0.15, -0.1) is 0 Å². The Morgan fingerprint density at radius 2 is 1.85 bits per heavy atom. The van der Waals surface area contributed by atoms with Crippen LogP contribution in [0.15, 0.2) is 40.9 Å². The molecule has 0 heterocycles. The summed E-state index contributed by atoms with van der Waals surface area (Å²) in [6.45, 7) is 0.00725. The number of carbonyl (C=O) groups is 1. The topological polar surface area (TPSA) is 52.3 Å². The number of halogens is 3. The van der Waals surface area contributed by atoms with E-state index in [1.807, 2.05) is 0 Å². The molecule has 0 aromatic heterocycles. The second kappa shape index (κ2) is 6.48. The minimum absolute atomic E-state index is 0.00725. The molecule has 2 aromatic carbocycles. The molecule has 2 rings (SSSR count). The lowest BCUT2D eigenvalue weighted by molar-refractivity contribution is 0.0473. The number of benzene rings is 2. The van der Waals surface area contributed by atoms with Gasteiger partial charge in [-0.3, -0.25) is 0 Å². The van der Waals surface area contributed by atoms with Crippen molar-refractivity contribution in [3.05, 3.63) is 62.0 Å². The first kappa shape index (κ1) is 15.2. The summed E-state index contributed by atoms with van der Waals surface area (Å²) in [4.78, 5) is 11.9. The van der Waals surface area contributed by atoms with Gasteiger partial charge in [0, 0.05) is 25.8 Å². The molecule has 0 spiro atoms. The van der Waals surface area contributed by atoms with E-state index >= 15 is 0 Å². The predicted molar refractivity (Wildman–Crippen MR) is 84.1 cm³/mol. The molecule has 0 aliphatic carbocycles. The largest absolute Gasteiger partial charge is 0.457 e. The third kappa shape index (κ3) is 3.45. The Morgan fingerprint density at radius 3 is 2.45 bits per heavy atom. The van der Waals surface area contributed by atoms with Gasteiger partial charge in [0.05, 0.1) is 5.56 Å². The number of anilines is 1. The van der Waals surface area contributed by atoms with Crippen LogP contribution >= 0.6 is 39.1 Å². The van der Waals surface area contributed by atoms with Gasteiger partial charge in [-0.05, 0) is 46.3 Å². The summed E-state index contributed by atoms with van der Waals surface area (Å²) in [5.74, 6) is -0.486. The molecular weight excluding hydrogens is 365 g/mol. The minimum atomic E-state index is -0.486. The Balaban J connectivity index is 2.11. The van der Waals surface area contributed by atoms with Crippen LogP contribution in [0.4, 0.5) is 5.69 Å². The first-order valence-corrected chi connectivity index (χ1v) is 7.19. The second-order valence-corrected chi connectivity index (χ2v) is 5.68. The Bertz CT molecular complexity index is 641. The summed E-state index contributed by atoms with van der Waals surface area (Å²) in [6.07, 6.45) is 0. The highest BCUT2D eigenvalue weighted by Crippen LogP contribution is 2.26. The molecule has 2 aromatic rings. The summed E-state index contributed by atoms with van der Waals surface area (Å²) in [5.41, 5.74) is 7.13. The zero-order valence-corrected chi connectivity index (χ0v) is 13.3. The fourth-order valence-corrected chi connectivity index (χ4v) is 2.32. The summed E-state index contributed by atoms with van der Waals surface area (Å²) in [5, 5.41) is 0.918. The first-order chi connectivity index (χ1) is 9.49. The molecule has 20 heavy (non-hydrogen) atoms. The maximum absolute atomic E-state index is 11.9. The highest BCUT2D eigenvalue weighted by molar-refractivity contribution is 9.10. The molecule has 0 aliphatic heterocycles. The Hall–Kier alpha value is -1.23. The van der Waals surface area contributed by atoms with Crippen molar-refractivity contribution in [3.63, 3.8) is 0 Å². The molecule has 3 nitrogen and oxygen atoms in total. The summed E-state index contributed by atoms with van der Waals surface area (Å²) >= 11 is 15.3. The standard InChI is InChI=1S/C14H10BrCl2NO2/c15-10-5-4-8(6-13(10)18)14(19)20-7-9-11(16)2-1-3-12(9)17/h1-6H,7,18H2. The minimum Gasteiger partial charge on any atom is -0.457 e. The van der Waals surface area contributed by atoms with Gasteiger partial charge >= 0.3 is 5.97 Å². The molecule has 0 atom stereocenters. The zero-order valence-electron chi connectivity index (χ0n) is 10.2. The second-order valence-electron chi connectivity index (χ2n) is 4.01. The molecule has 2 N–H and O–H groups in total. The summed E-state index contributed by atoms with van der Waals surface area (Å²) in [7, 11) is 0. The first-order valence-electron chi connectivity index (χ1n) is 5.64. The van der Waals surface area contributed by atoms with Crippen LogP contribution in [0.25, 0.3) is 0 Å². The van der Waals surface area contributed by atoms with Crippen molar-refractivity contribution >= 4 is 50.8 Å². The fraction of sp³-hybridized carbons (Fsp3) is 0.0714. The number of nitrogens with two attached hydrogens (primary N) is 1. The van der Waals surface area contributed by atoms with Gasteiger partial charge in [0.25, 0.3) is 0 Å². The van der Waals surface area contributed by atoms with Gasteiger partial charge < -0.3 is 10.5 Å². The average molecular weight is 375 g/mol. The highest BCUT2D eigenvalue weighted by Gasteiger charge is 2.12. The maximum atomic E-state index is 11.9. The lowest BCUT2D eigenvalue weighted by atomic mass is 10.2. The fourth-order valence-electron chi connectivity index (χ4n) is 1.56. The third-order valence-electron chi connectivity index (χ3n) is 2.64.